The van der Waals surface area contributed by atoms with E-state index in [1.165, 1.54) is 17.8 Å². The van der Waals surface area contributed by atoms with Gasteiger partial charge in [0.15, 0.2) is 0 Å². The molecule has 0 amide bonds. The summed E-state index contributed by atoms with van der Waals surface area (Å²) in [5.74, 6) is -0.262. The quantitative estimate of drug-likeness (QED) is 0.436. The van der Waals surface area contributed by atoms with Crippen LogP contribution in [0.3, 0.4) is 0 Å². The van der Waals surface area contributed by atoms with Gasteiger partial charge >= 0.3 is 5.01 Å². The lowest BCUT2D eigenvalue weighted by Gasteiger charge is -2.20. The van der Waals surface area contributed by atoms with Crippen LogP contribution in [0.2, 0.25) is 0 Å². The molecule has 0 radical (unpaired) electrons. The van der Waals surface area contributed by atoms with Crippen LogP contribution >= 0.6 is 11.3 Å². The van der Waals surface area contributed by atoms with Crippen molar-refractivity contribution in [3.05, 3.63) is 84.7 Å². The van der Waals surface area contributed by atoms with Crippen LogP contribution in [0.4, 0.5) is 20.9 Å². The van der Waals surface area contributed by atoms with Crippen molar-refractivity contribution in [3.8, 4) is 16.3 Å². The van der Waals surface area contributed by atoms with Gasteiger partial charge in [0.2, 0.25) is 5.69 Å². The van der Waals surface area contributed by atoms with Gasteiger partial charge in [-0.05, 0) is 78.4 Å². The van der Waals surface area contributed by atoms with Crippen molar-refractivity contribution >= 4 is 27.8 Å². The molecule has 3 aromatic carbocycles. The summed E-state index contributed by atoms with van der Waals surface area (Å²) in [6.45, 7) is 6.25. The summed E-state index contributed by atoms with van der Waals surface area (Å²) in [6, 6.07) is 24.9. The van der Waals surface area contributed by atoms with Crippen LogP contribution in [0.5, 0.6) is 0 Å². The van der Waals surface area contributed by atoms with Gasteiger partial charge < -0.3 is 22.6 Å². The molecule has 4 nitrogen and oxygen atoms in total. The van der Waals surface area contributed by atoms with E-state index >= 15 is 0 Å². The number of benzene rings is 3. The molecule has 1 N–H and O–H groups in total. The van der Waals surface area contributed by atoms with Crippen molar-refractivity contribution in [1.82, 2.24) is 5.10 Å². The number of aromatic nitrogens is 2. The molecule has 0 aliphatic rings. The first-order valence-corrected chi connectivity index (χ1v) is 10.9. The van der Waals surface area contributed by atoms with Gasteiger partial charge in [0.1, 0.15) is 5.82 Å². The third kappa shape index (κ3) is 5.21. The van der Waals surface area contributed by atoms with Crippen molar-refractivity contribution in [2.75, 3.05) is 23.3 Å². The average Bonchev–Trinajstić information content (AvgIpc) is 3.20. The van der Waals surface area contributed by atoms with E-state index in [0.29, 0.717) is 0 Å². The average molecular weight is 455 g/mol. The van der Waals surface area contributed by atoms with Crippen LogP contribution in [-0.4, -0.2) is 18.2 Å². The van der Waals surface area contributed by atoms with Crippen molar-refractivity contribution in [1.29, 1.82) is 0 Å². The lowest BCUT2D eigenvalue weighted by atomic mass is 10.2. The highest BCUT2D eigenvalue weighted by atomic mass is 35.5. The Balaban J connectivity index is 0.00000272. The highest BCUT2D eigenvalue weighted by molar-refractivity contribution is 7.18. The van der Waals surface area contributed by atoms with Gasteiger partial charge in [-0.3, -0.25) is 0 Å². The lowest BCUT2D eigenvalue weighted by molar-refractivity contribution is -0.642. The monoisotopic (exact) mass is 454 g/mol. The maximum absolute atomic E-state index is 13.5. The Morgan fingerprint density at radius 2 is 1.55 bits per heavy atom. The van der Waals surface area contributed by atoms with Gasteiger partial charge in [-0.25, -0.2) is 4.39 Å². The van der Waals surface area contributed by atoms with Gasteiger partial charge in [-0.15, -0.1) is 0 Å². The summed E-state index contributed by atoms with van der Waals surface area (Å²) in [4.78, 5) is 2.31. The highest BCUT2D eigenvalue weighted by Gasteiger charge is 2.24. The van der Waals surface area contributed by atoms with Crippen LogP contribution in [0, 0.1) is 5.82 Å². The van der Waals surface area contributed by atoms with E-state index in [1.807, 2.05) is 35.0 Å². The number of halogens is 2. The molecule has 7 heteroatoms. The topological polar surface area (TPSA) is 32.0 Å². The largest absolute Gasteiger partial charge is 1.00 e. The Morgan fingerprint density at radius 3 is 2.16 bits per heavy atom. The molecule has 0 aliphatic heterocycles. The Kier molecular flexibility index (Phi) is 7.60. The Morgan fingerprint density at radius 1 is 0.903 bits per heavy atom. The first kappa shape index (κ1) is 22.7. The van der Waals surface area contributed by atoms with Gasteiger partial charge in [-0.1, -0.05) is 18.2 Å². The van der Waals surface area contributed by atoms with E-state index in [-0.39, 0.29) is 18.2 Å². The summed E-state index contributed by atoms with van der Waals surface area (Å²) in [5, 5.41) is 9.88. The van der Waals surface area contributed by atoms with Gasteiger partial charge in [-0.2, -0.15) is 0 Å². The number of anilines is 3. The van der Waals surface area contributed by atoms with Crippen LogP contribution in [0.1, 0.15) is 13.8 Å². The second kappa shape index (κ2) is 10.4. The van der Waals surface area contributed by atoms with Crippen molar-refractivity contribution in [3.63, 3.8) is 0 Å². The number of hydrogen-bond donors (Lipinski definition) is 1. The van der Waals surface area contributed by atoms with E-state index < -0.39 is 0 Å². The maximum atomic E-state index is 13.5. The molecule has 0 unspecified atom stereocenters. The number of hydrogen-bond acceptors (Lipinski definition) is 4. The minimum absolute atomic E-state index is 0. The normalized spacial score (nSPS) is 10.4. The number of rotatable bonds is 7. The van der Waals surface area contributed by atoms with E-state index in [4.69, 9.17) is 5.10 Å². The molecule has 0 aliphatic carbocycles. The number of nitrogens with zero attached hydrogens (tertiary/aromatic N) is 3. The number of nitrogens with one attached hydrogen (secondary N) is 1. The van der Waals surface area contributed by atoms with Gasteiger partial charge in [0, 0.05) is 41.7 Å². The second-order valence-corrected chi connectivity index (χ2v) is 7.79. The van der Waals surface area contributed by atoms with E-state index in [0.717, 1.165) is 40.2 Å². The molecule has 4 aromatic rings. The molecule has 4 rings (SSSR count). The second-order valence-electron chi connectivity index (χ2n) is 6.81. The minimum atomic E-state index is -0.262. The first-order chi connectivity index (χ1) is 14.7. The maximum Gasteiger partial charge on any atom is 0.304 e. The summed E-state index contributed by atoms with van der Waals surface area (Å²) in [6.07, 6.45) is 0. The van der Waals surface area contributed by atoms with Gasteiger partial charge in [0.05, 0.1) is 5.56 Å². The molecule has 0 saturated carbocycles. The van der Waals surface area contributed by atoms with Crippen LogP contribution < -0.4 is 27.3 Å². The fourth-order valence-corrected chi connectivity index (χ4v) is 4.29. The Labute approximate surface area is 192 Å². The van der Waals surface area contributed by atoms with Crippen LogP contribution in [0.15, 0.2) is 78.9 Å². The highest BCUT2D eigenvalue weighted by Crippen LogP contribution is 2.30. The van der Waals surface area contributed by atoms with Crippen LogP contribution in [0.25, 0.3) is 16.3 Å². The predicted octanol–water partition coefficient (Wildman–Crippen LogP) is 2.82. The standard InChI is InChI=1S/C24H24FN4S.ClH/c1-3-28(4-2)21-14-10-18(11-15-21)23-29(22-16-12-19(25)13-17-22)27-24(30-23)26-20-8-6-5-7-9-20;/h5-17H,3-4H2,1-2H3,(H,26,27);1H/q+1;/p-1. The van der Waals surface area contributed by atoms with Crippen LogP contribution in [-0.2, 0) is 0 Å². The fraction of sp³-hybridized carbons (Fsp3) is 0.167. The minimum Gasteiger partial charge on any atom is -1.00 e. The fourth-order valence-electron chi connectivity index (χ4n) is 3.33. The van der Waals surface area contributed by atoms with Crippen molar-refractivity contribution in [2.45, 2.75) is 13.8 Å². The Bertz CT molecular complexity index is 1090. The lowest BCUT2D eigenvalue weighted by Crippen LogP contribution is -3.00. The smallest absolute Gasteiger partial charge is 0.304 e. The SMILES string of the molecule is CCN(CC)c1ccc(-c2sc(Nc3ccccc3)n[n+]2-c2ccc(F)cc2)cc1.[Cl-]. The molecule has 0 spiro atoms. The van der Waals surface area contributed by atoms with Gasteiger partial charge in [0.25, 0.3) is 5.13 Å². The molecular weight excluding hydrogens is 431 g/mol. The predicted molar refractivity (Wildman–Crippen MR) is 122 cm³/mol. The van der Waals surface area contributed by atoms with Crippen molar-refractivity contribution < 1.29 is 21.5 Å². The summed E-state index contributed by atoms with van der Waals surface area (Å²) < 4.78 is 15.3. The third-order valence-electron chi connectivity index (χ3n) is 4.92. The van der Waals surface area contributed by atoms with Crippen molar-refractivity contribution in [2.24, 2.45) is 0 Å². The van der Waals surface area contributed by atoms with E-state index in [1.54, 1.807) is 23.5 Å². The molecule has 1 heterocycles. The zero-order valence-electron chi connectivity index (χ0n) is 17.4. The zero-order valence-corrected chi connectivity index (χ0v) is 19.0. The molecule has 0 fully saturated rings. The Hall–Kier alpha value is -2.96. The van der Waals surface area contributed by atoms with E-state index in [9.17, 15) is 4.39 Å². The third-order valence-corrected chi connectivity index (χ3v) is 5.89. The molecule has 0 bridgehead atoms. The summed E-state index contributed by atoms with van der Waals surface area (Å²) >= 11 is 1.57. The first-order valence-electron chi connectivity index (χ1n) is 10.0. The zero-order chi connectivity index (χ0) is 20.9. The molecular formula is C24H24ClFN4S. The van der Waals surface area contributed by atoms with E-state index in [2.05, 4.69) is 48.3 Å². The molecule has 1 aromatic heterocycles. The molecule has 31 heavy (non-hydrogen) atoms. The molecule has 0 atom stereocenters. The molecule has 160 valence electrons. The molecule has 0 saturated heterocycles. The number of para-hydroxylation sites is 1. The summed E-state index contributed by atoms with van der Waals surface area (Å²) in [7, 11) is 0. The summed E-state index contributed by atoms with van der Waals surface area (Å²) in [5.41, 5.74) is 4.05.